The van der Waals surface area contributed by atoms with E-state index >= 15 is 0 Å². The van der Waals surface area contributed by atoms with Crippen LogP contribution in [0.2, 0.25) is 5.02 Å². The van der Waals surface area contributed by atoms with Crippen molar-refractivity contribution >= 4 is 34.7 Å². The summed E-state index contributed by atoms with van der Waals surface area (Å²) in [6.07, 6.45) is 0.525. The van der Waals surface area contributed by atoms with Gasteiger partial charge in [-0.15, -0.1) is 23.1 Å². The summed E-state index contributed by atoms with van der Waals surface area (Å²) >= 11 is 9.43. The van der Waals surface area contributed by atoms with Gasteiger partial charge in [0, 0.05) is 32.5 Å². The van der Waals surface area contributed by atoms with E-state index in [1.54, 1.807) is 23.1 Å². The number of thiophene rings is 1. The maximum absolute atomic E-state index is 8.73. The normalized spacial score (nSPS) is 10.0. The van der Waals surface area contributed by atoms with Crippen LogP contribution in [0.15, 0.2) is 40.6 Å². The fourth-order valence-corrected chi connectivity index (χ4v) is 3.64. The lowest BCUT2D eigenvalue weighted by Gasteiger charge is -2.01. The molecule has 0 aliphatic heterocycles. The van der Waals surface area contributed by atoms with Gasteiger partial charge in [-0.05, 0) is 29.6 Å². The molecular weight excluding hydrogens is 296 g/mol. The molecule has 19 heavy (non-hydrogen) atoms. The summed E-state index contributed by atoms with van der Waals surface area (Å²) in [5.74, 6) is 6.95. The van der Waals surface area contributed by atoms with Crippen LogP contribution < -0.4 is 0 Å². The molecule has 0 fully saturated rings. The van der Waals surface area contributed by atoms with Crippen LogP contribution in [0.4, 0.5) is 0 Å². The van der Waals surface area contributed by atoms with Crippen molar-refractivity contribution in [3.05, 3.63) is 51.2 Å². The number of rotatable bonds is 4. The van der Waals surface area contributed by atoms with E-state index in [1.807, 2.05) is 24.3 Å². The number of benzene rings is 1. The van der Waals surface area contributed by atoms with Crippen molar-refractivity contribution < 1.29 is 5.11 Å². The summed E-state index contributed by atoms with van der Waals surface area (Å²) in [6, 6.07) is 9.89. The molecule has 0 amide bonds. The maximum Gasteiger partial charge on any atom is 0.0540 e. The molecular formula is C15H13ClOS2. The average Bonchev–Trinajstić information content (AvgIpc) is 2.84. The van der Waals surface area contributed by atoms with Gasteiger partial charge in [-0.3, -0.25) is 0 Å². The van der Waals surface area contributed by atoms with E-state index in [0.717, 1.165) is 21.2 Å². The zero-order valence-electron chi connectivity index (χ0n) is 10.2. The van der Waals surface area contributed by atoms with Crippen molar-refractivity contribution in [2.75, 3.05) is 6.61 Å². The van der Waals surface area contributed by atoms with Gasteiger partial charge >= 0.3 is 0 Å². The Morgan fingerprint density at radius 2 is 2.21 bits per heavy atom. The standard InChI is InChI=1S/C15H13ClOS2/c16-13-5-3-6-14(10-13)19-11-15-12(7-9-18-15)4-1-2-8-17/h3,5-7,9-10,17H,2,8,11H2. The van der Waals surface area contributed by atoms with Gasteiger partial charge in [-0.2, -0.15) is 0 Å². The third-order valence-electron chi connectivity index (χ3n) is 2.37. The van der Waals surface area contributed by atoms with Crippen molar-refractivity contribution in [2.45, 2.75) is 17.1 Å². The Balaban J connectivity index is 2.01. The van der Waals surface area contributed by atoms with Gasteiger partial charge < -0.3 is 5.11 Å². The molecule has 4 heteroatoms. The minimum atomic E-state index is 0.115. The highest BCUT2D eigenvalue weighted by molar-refractivity contribution is 7.98. The van der Waals surface area contributed by atoms with Crippen LogP contribution in [0.3, 0.4) is 0 Å². The number of thioether (sulfide) groups is 1. The van der Waals surface area contributed by atoms with Crippen LogP contribution in [-0.2, 0) is 5.75 Å². The molecule has 1 heterocycles. The molecule has 1 aromatic heterocycles. The maximum atomic E-state index is 8.73. The van der Waals surface area contributed by atoms with Crippen LogP contribution >= 0.6 is 34.7 Å². The minimum Gasteiger partial charge on any atom is -0.395 e. The summed E-state index contributed by atoms with van der Waals surface area (Å²) in [5.41, 5.74) is 1.06. The molecule has 2 aromatic rings. The van der Waals surface area contributed by atoms with Gasteiger partial charge in [0.25, 0.3) is 0 Å². The Kier molecular flexibility index (Phi) is 5.81. The van der Waals surface area contributed by atoms with Gasteiger partial charge in [-0.25, -0.2) is 0 Å². The molecule has 0 saturated carbocycles. The van der Waals surface area contributed by atoms with E-state index in [-0.39, 0.29) is 6.61 Å². The summed E-state index contributed by atoms with van der Waals surface area (Å²) in [5, 5.41) is 11.5. The van der Waals surface area contributed by atoms with Crippen LogP contribution in [0, 0.1) is 11.8 Å². The Morgan fingerprint density at radius 1 is 1.32 bits per heavy atom. The summed E-state index contributed by atoms with van der Waals surface area (Å²) in [6.45, 7) is 0.115. The quantitative estimate of drug-likeness (QED) is 0.666. The van der Waals surface area contributed by atoms with Gasteiger partial charge in [0.1, 0.15) is 0 Å². The average molecular weight is 309 g/mol. The zero-order valence-corrected chi connectivity index (χ0v) is 12.6. The molecule has 2 rings (SSSR count). The van der Waals surface area contributed by atoms with Gasteiger partial charge in [-0.1, -0.05) is 29.5 Å². The molecule has 98 valence electrons. The lowest BCUT2D eigenvalue weighted by Crippen LogP contribution is -1.81. The fraction of sp³-hybridized carbons (Fsp3) is 0.200. The first-order chi connectivity index (χ1) is 9.29. The van der Waals surface area contributed by atoms with Gasteiger partial charge in [0.15, 0.2) is 0 Å². The second kappa shape index (κ2) is 7.62. The van der Waals surface area contributed by atoms with E-state index < -0.39 is 0 Å². The first kappa shape index (κ1) is 14.5. The SMILES string of the molecule is OCCC#Cc1ccsc1CSc1cccc(Cl)c1. The highest BCUT2D eigenvalue weighted by Crippen LogP contribution is 2.28. The fourth-order valence-electron chi connectivity index (χ4n) is 1.48. The van der Waals surface area contributed by atoms with Crippen molar-refractivity contribution in [2.24, 2.45) is 0 Å². The molecule has 1 nitrogen and oxygen atoms in total. The van der Waals surface area contributed by atoms with Crippen LogP contribution in [-0.4, -0.2) is 11.7 Å². The molecule has 0 saturated heterocycles. The minimum absolute atomic E-state index is 0.115. The summed E-state index contributed by atoms with van der Waals surface area (Å²) in [7, 11) is 0. The van der Waals surface area contributed by atoms with Crippen molar-refractivity contribution in [3.8, 4) is 11.8 Å². The molecule has 1 aromatic carbocycles. The Morgan fingerprint density at radius 3 is 3.00 bits per heavy atom. The van der Waals surface area contributed by atoms with E-state index in [2.05, 4.69) is 23.3 Å². The zero-order chi connectivity index (χ0) is 13.5. The molecule has 0 atom stereocenters. The monoisotopic (exact) mass is 308 g/mol. The van der Waals surface area contributed by atoms with E-state index in [9.17, 15) is 0 Å². The lowest BCUT2D eigenvalue weighted by atomic mass is 10.2. The smallest absolute Gasteiger partial charge is 0.0540 e. The predicted molar refractivity (Wildman–Crippen MR) is 83.9 cm³/mol. The van der Waals surface area contributed by atoms with Crippen molar-refractivity contribution in [1.82, 2.24) is 0 Å². The molecule has 0 aliphatic rings. The summed E-state index contributed by atoms with van der Waals surface area (Å²) < 4.78 is 0. The van der Waals surface area contributed by atoms with Crippen molar-refractivity contribution in [3.63, 3.8) is 0 Å². The third kappa shape index (κ3) is 4.59. The van der Waals surface area contributed by atoms with Crippen LogP contribution in [0.1, 0.15) is 16.9 Å². The number of aliphatic hydroxyl groups excluding tert-OH is 1. The second-order valence-corrected chi connectivity index (χ2v) is 6.26. The molecule has 0 unspecified atom stereocenters. The summed E-state index contributed by atoms with van der Waals surface area (Å²) in [4.78, 5) is 2.42. The Labute approximate surface area is 126 Å². The Bertz CT molecular complexity index is 595. The van der Waals surface area contributed by atoms with E-state index in [0.29, 0.717) is 6.42 Å². The highest BCUT2D eigenvalue weighted by atomic mass is 35.5. The van der Waals surface area contributed by atoms with Crippen LogP contribution in [0.25, 0.3) is 0 Å². The second-order valence-electron chi connectivity index (χ2n) is 3.78. The number of hydrogen-bond donors (Lipinski definition) is 1. The highest BCUT2D eigenvalue weighted by Gasteiger charge is 2.03. The molecule has 0 radical (unpaired) electrons. The largest absolute Gasteiger partial charge is 0.395 e. The first-order valence-electron chi connectivity index (χ1n) is 5.84. The Hall–Kier alpha value is -0.920. The molecule has 0 bridgehead atoms. The molecule has 0 spiro atoms. The predicted octanol–water partition coefficient (Wildman–Crippen LogP) is 4.43. The van der Waals surface area contributed by atoms with Gasteiger partial charge in [0.05, 0.1) is 6.61 Å². The topological polar surface area (TPSA) is 20.2 Å². The lowest BCUT2D eigenvalue weighted by molar-refractivity contribution is 0.305. The van der Waals surface area contributed by atoms with E-state index in [4.69, 9.17) is 16.7 Å². The van der Waals surface area contributed by atoms with E-state index in [1.165, 1.54) is 4.88 Å². The number of aliphatic hydroxyl groups is 1. The number of halogens is 1. The van der Waals surface area contributed by atoms with Crippen molar-refractivity contribution in [1.29, 1.82) is 0 Å². The number of hydrogen-bond acceptors (Lipinski definition) is 3. The third-order valence-corrected chi connectivity index (χ3v) is 4.73. The molecule has 1 N–H and O–H groups in total. The van der Waals surface area contributed by atoms with Crippen LogP contribution in [0.5, 0.6) is 0 Å². The first-order valence-corrected chi connectivity index (χ1v) is 8.08. The molecule has 0 aliphatic carbocycles. The van der Waals surface area contributed by atoms with Gasteiger partial charge in [0.2, 0.25) is 0 Å².